The first-order valence-electron chi connectivity index (χ1n) is 4.61. The van der Waals surface area contributed by atoms with Crippen LogP contribution in [0.1, 0.15) is 15.9 Å². The molecule has 0 aliphatic heterocycles. The van der Waals surface area contributed by atoms with Gasteiger partial charge in [0.05, 0.1) is 11.2 Å². The van der Waals surface area contributed by atoms with Gasteiger partial charge in [-0.25, -0.2) is 4.68 Å². The van der Waals surface area contributed by atoms with Crippen LogP contribution in [0.4, 0.5) is 0 Å². The zero-order valence-electron chi connectivity index (χ0n) is 8.51. The van der Waals surface area contributed by atoms with Gasteiger partial charge in [-0.1, -0.05) is 23.7 Å². The largest absolute Gasteiger partial charge is 0.493 e. The van der Waals surface area contributed by atoms with Crippen LogP contribution in [0.5, 0.6) is 5.88 Å². The second kappa shape index (κ2) is 3.98. The second-order valence-electron chi connectivity index (χ2n) is 3.31. The minimum absolute atomic E-state index is 0.149. The monoisotopic (exact) mass is 236 g/mol. The summed E-state index contributed by atoms with van der Waals surface area (Å²) in [6.45, 7) is 0. The van der Waals surface area contributed by atoms with Crippen LogP contribution in [-0.2, 0) is 7.05 Å². The van der Waals surface area contributed by atoms with Crippen LogP contribution >= 0.6 is 11.6 Å². The van der Waals surface area contributed by atoms with Gasteiger partial charge in [-0.05, 0) is 12.1 Å². The van der Waals surface area contributed by atoms with Crippen LogP contribution < -0.4 is 0 Å². The number of halogens is 1. The molecule has 0 amide bonds. The summed E-state index contributed by atoms with van der Waals surface area (Å²) in [6, 6.07) is 6.69. The average molecular weight is 237 g/mol. The van der Waals surface area contributed by atoms with Crippen LogP contribution in [-0.4, -0.2) is 20.7 Å². The highest BCUT2D eigenvalue weighted by Gasteiger charge is 2.18. The first-order valence-corrected chi connectivity index (χ1v) is 4.99. The fourth-order valence-corrected chi connectivity index (χ4v) is 1.60. The van der Waals surface area contributed by atoms with Gasteiger partial charge in [-0.15, -0.1) is 0 Å². The Hall–Kier alpha value is -1.81. The molecule has 0 saturated heterocycles. The molecule has 1 aromatic heterocycles. The predicted octanol–water partition coefficient (Wildman–Crippen LogP) is 2.01. The van der Waals surface area contributed by atoms with Crippen molar-refractivity contribution in [1.82, 2.24) is 9.78 Å². The SMILES string of the molecule is Cn1ncc(C(=O)c2ccccc2Cl)c1O. The van der Waals surface area contributed by atoms with E-state index in [0.717, 1.165) is 0 Å². The number of hydrogen-bond acceptors (Lipinski definition) is 3. The van der Waals surface area contributed by atoms with Crippen molar-refractivity contribution in [2.45, 2.75) is 0 Å². The highest BCUT2D eigenvalue weighted by atomic mass is 35.5. The van der Waals surface area contributed by atoms with Crippen molar-refractivity contribution in [2.75, 3.05) is 0 Å². The molecular weight excluding hydrogens is 228 g/mol. The molecular formula is C11H9ClN2O2. The fourth-order valence-electron chi connectivity index (χ4n) is 1.38. The Bertz CT molecular complexity index is 549. The molecule has 5 heteroatoms. The van der Waals surface area contributed by atoms with Gasteiger partial charge < -0.3 is 5.11 Å². The standard InChI is InChI=1S/C11H9ClN2O2/c1-14-11(16)8(6-13-14)10(15)7-4-2-3-5-9(7)12/h2-6,16H,1H3. The summed E-state index contributed by atoms with van der Waals surface area (Å²) >= 11 is 5.90. The van der Waals surface area contributed by atoms with Crippen molar-refractivity contribution in [3.05, 3.63) is 46.6 Å². The van der Waals surface area contributed by atoms with Gasteiger partial charge in [-0.2, -0.15) is 5.10 Å². The Balaban J connectivity index is 2.48. The number of benzene rings is 1. The maximum absolute atomic E-state index is 12.0. The molecule has 1 heterocycles. The van der Waals surface area contributed by atoms with Crippen molar-refractivity contribution in [3.63, 3.8) is 0 Å². The number of hydrogen-bond donors (Lipinski definition) is 1. The van der Waals surface area contributed by atoms with E-state index in [0.29, 0.717) is 10.6 Å². The number of aromatic hydroxyl groups is 1. The quantitative estimate of drug-likeness (QED) is 0.812. The zero-order chi connectivity index (χ0) is 11.7. The first-order chi connectivity index (χ1) is 7.61. The molecule has 0 spiro atoms. The van der Waals surface area contributed by atoms with Crippen LogP contribution in [0.15, 0.2) is 30.5 Å². The van der Waals surface area contributed by atoms with Crippen LogP contribution in [0.2, 0.25) is 5.02 Å². The van der Waals surface area contributed by atoms with E-state index in [1.54, 1.807) is 31.3 Å². The molecule has 0 fully saturated rings. The summed E-state index contributed by atoms with van der Waals surface area (Å²) in [5, 5.41) is 13.7. The van der Waals surface area contributed by atoms with Gasteiger partial charge in [-0.3, -0.25) is 4.79 Å². The third-order valence-electron chi connectivity index (χ3n) is 2.27. The minimum Gasteiger partial charge on any atom is -0.493 e. The molecule has 0 aliphatic rings. The van der Waals surface area contributed by atoms with Crippen molar-refractivity contribution < 1.29 is 9.90 Å². The molecule has 4 nitrogen and oxygen atoms in total. The molecule has 0 bridgehead atoms. The molecule has 0 radical (unpaired) electrons. The molecule has 16 heavy (non-hydrogen) atoms. The first kappa shape index (κ1) is 10.7. The normalized spacial score (nSPS) is 10.4. The summed E-state index contributed by atoms with van der Waals surface area (Å²) in [4.78, 5) is 12.0. The second-order valence-corrected chi connectivity index (χ2v) is 3.72. The van der Waals surface area contributed by atoms with Gasteiger partial charge in [0.1, 0.15) is 5.56 Å². The molecule has 0 saturated carbocycles. The topological polar surface area (TPSA) is 55.1 Å². The Morgan fingerprint density at radius 2 is 2.06 bits per heavy atom. The molecule has 0 aliphatic carbocycles. The van der Waals surface area contributed by atoms with Crippen LogP contribution in [0.25, 0.3) is 0 Å². The Kier molecular flexibility index (Phi) is 2.66. The van der Waals surface area contributed by atoms with Gasteiger partial charge >= 0.3 is 0 Å². The Morgan fingerprint density at radius 3 is 2.62 bits per heavy atom. The number of ketones is 1. The van der Waals surface area contributed by atoms with E-state index in [1.165, 1.54) is 10.9 Å². The predicted molar refractivity (Wildman–Crippen MR) is 59.8 cm³/mol. The third-order valence-corrected chi connectivity index (χ3v) is 2.60. The number of rotatable bonds is 2. The van der Waals surface area contributed by atoms with Gasteiger partial charge in [0.15, 0.2) is 0 Å². The lowest BCUT2D eigenvalue weighted by Crippen LogP contribution is -2.01. The summed E-state index contributed by atoms with van der Waals surface area (Å²) < 4.78 is 1.23. The highest BCUT2D eigenvalue weighted by molar-refractivity contribution is 6.35. The third kappa shape index (κ3) is 1.67. The highest BCUT2D eigenvalue weighted by Crippen LogP contribution is 2.23. The molecule has 0 atom stereocenters. The number of aryl methyl sites for hydroxylation is 1. The van der Waals surface area contributed by atoms with Gasteiger partial charge in [0.25, 0.3) is 0 Å². The van der Waals surface area contributed by atoms with Crippen LogP contribution in [0.3, 0.4) is 0 Å². The minimum atomic E-state index is -0.337. The van der Waals surface area contributed by atoms with E-state index in [4.69, 9.17) is 11.6 Å². The van der Waals surface area contributed by atoms with Gasteiger partial charge in [0, 0.05) is 12.6 Å². The van der Waals surface area contributed by atoms with Gasteiger partial charge in [0.2, 0.25) is 11.7 Å². The Labute approximate surface area is 97.1 Å². The lowest BCUT2D eigenvalue weighted by molar-refractivity contribution is 0.103. The maximum Gasteiger partial charge on any atom is 0.220 e. The summed E-state index contributed by atoms with van der Waals surface area (Å²) in [7, 11) is 1.55. The number of aromatic nitrogens is 2. The van der Waals surface area contributed by atoms with E-state index in [1.807, 2.05) is 0 Å². The Morgan fingerprint density at radius 1 is 1.38 bits per heavy atom. The molecule has 1 N–H and O–H groups in total. The lowest BCUT2D eigenvalue weighted by atomic mass is 10.1. The molecule has 0 unspecified atom stereocenters. The number of carbonyl (C=O) groups excluding carboxylic acids is 1. The molecule has 2 aromatic rings. The van der Waals surface area contributed by atoms with E-state index < -0.39 is 0 Å². The van der Waals surface area contributed by atoms with Crippen molar-refractivity contribution in [3.8, 4) is 5.88 Å². The average Bonchev–Trinajstić information content (AvgIpc) is 2.60. The summed E-state index contributed by atoms with van der Waals surface area (Å²) in [5.74, 6) is -0.499. The van der Waals surface area contributed by atoms with E-state index in [9.17, 15) is 9.90 Å². The van der Waals surface area contributed by atoms with E-state index in [-0.39, 0.29) is 17.2 Å². The lowest BCUT2D eigenvalue weighted by Gasteiger charge is -2.01. The van der Waals surface area contributed by atoms with Crippen LogP contribution in [0, 0.1) is 0 Å². The molecule has 1 aromatic carbocycles. The van der Waals surface area contributed by atoms with Crippen molar-refractivity contribution >= 4 is 17.4 Å². The summed E-state index contributed by atoms with van der Waals surface area (Å²) in [5.41, 5.74) is 0.503. The summed E-state index contributed by atoms with van der Waals surface area (Å²) in [6.07, 6.45) is 1.32. The molecule has 82 valence electrons. The number of nitrogens with zero attached hydrogens (tertiary/aromatic N) is 2. The number of carbonyl (C=O) groups is 1. The maximum atomic E-state index is 12.0. The van der Waals surface area contributed by atoms with Crippen molar-refractivity contribution in [2.24, 2.45) is 7.05 Å². The fraction of sp³-hybridized carbons (Fsp3) is 0.0909. The molecule has 2 rings (SSSR count). The van der Waals surface area contributed by atoms with E-state index >= 15 is 0 Å². The van der Waals surface area contributed by atoms with E-state index in [2.05, 4.69) is 5.10 Å². The smallest absolute Gasteiger partial charge is 0.220 e. The van der Waals surface area contributed by atoms with Crippen molar-refractivity contribution in [1.29, 1.82) is 0 Å². The zero-order valence-corrected chi connectivity index (χ0v) is 9.27.